The van der Waals surface area contributed by atoms with E-state index in [4.69, 9.17) is 4.74 Å². The third kappa shape index (κ3) is 2.49. The number of fused-ring (bicyclic) bond motifs is 1. The van der Waals surface area contributed by atoms with Crippen LogP contribution < -0.4 is 9.88 Å². The summed E-state index contributed by atoms with van der Waals surface area (Å²) in [6.45, 7) is 3.55. The maximum Gasteiger partial charge on any atom is 0.346 e. The summed E-state index contributed by atoms with van der Waals surface area (Å²) in [7, 11) is 0. The van der Waals surface area contributed by atoms with E-state index in [-0.39, 0.29) is 6.61 Å². The Kier molecular flexibility index (Phi) is 3.92. The lowest BCUT2D eigenvalue weighted by molar-refractivity contribution is -0.344. The third-order valence-electron chi connectivity index (χ3n) is 3.86. The Bertz CT molecular complexity index is 728. The van der Waals surface area contributed by atoms with E-state index in [1.807, 2.05) is 4.90 Å². The van der Waals surface area contributed by atoms with Gasteiger partial charge >= 0.3 is 5.97 Å². The number of H-pyrrole nitrogens is 1. The molecule has 1 aliphatic rings. The average molecular weight is 307 g/mol. The van der Waals surface area contributed by atoms with Crippen LogP contribution >= 0.6 is 0 Å². The van der Waals surface area contributed by atoms with Crippen LogP contribution in [-0.4, -0.2) is 25.7 Å². The van der Waals surface area contributed by atoms with Gasteiger partial charge in [0.15, 0.2) is 17.8 Å². The Balaban J connectivity index is 2.24. The zero-order valence-corrected chi connectivity index (χ0v) is 12.3. The van der Waals surface area contributed by atoms with Gasteiger partial charge in [0.25, 0.3) is 0 Å². The Morgan fingerprint density at radius 1 is 1.27 bits per heavy atom. The third-order valence-corrected chi connectivity index (χ3v) is 3.86. The van der Waals surface area contributed by atoms with Gasteiger partial charge < -0.3 is 9.64 Å². The van der Waals surface area contributed by atoms with E-state index in [2.05, 4.69) is 4.98 Å². The number of hydrogen-bond donors (Lipinski definition) is 0. The quantitative estimate of drug-likeness (QED) is 0.819. The van der Waals surface area contributed by atoms with Gasteiger partial charge in [0.2, 0.25) is 5.52 Å². The molecule has 1 saturated heterocycles. The number of carbonyl (C=O) groups is 1. The van der Waals surface area contributed by atoms with Gasteiger partial charge in [0.05, 0.1) is 17.7 Å². The van der Waals surface area contributed by atoms with Gasteiger partial charge in [0.1, 0.15) is 5.56 Å². The maximum absolute atomic E-state index is 13.7. The molecule has 0 bridgehead atoms. The molecule has 0 amide bonds. The van der Waals surface area contributed by atoms with Gasteiger partial charge in [0, 0.05) is 19.2 Å². The van der Waals surface area contributed by atoms with Crippen molar-refractivity contribution in [3.05, 3.63) is 35.5 Å². The molecule has 1 aromatic carbocycles. The predicted octanol–water partition coefficient (Wildman–Crippen LogP) is 2.71. The van der Waals surface area contributed by atoms with Crippen LogP contribution in [0.15, 0.2) is 18.3 Å². The monoisotopic (exact) mass is 307 g/mol. The zero-order chi connectivity index (χ0) is 15.7. The molecule has 1 fully saturated rings. The van der Waals surface area contributed by atoms with Crippen LogP contribution in [0.2, 0.25) is 0 Å². The molecular formula is C16H17F2N2O2+. The lowest BCUT2D eigenvalue weighted by Gasteiger charge is -2.20. The number of rotatable bonds is 3. The molecular weight excluding hydrogens is 290 g/mol. The van der Waals surface area contributed by atoms with E-state index in [1.54, 1.807) is 6.92 Å². The first-order valence-corrected chi connectivity index (χ1v) is 7.37. The highest BCUT2D eigenvalue weighted by Crippen LogP contribution is 2.32. The number of carbonyl (C=O) groups excluding carboxylic acids is 1. The molecule has 0 unspecified atom stereocenters. The molecule has 0 aliphatic carbocycles. The fourth-order valence-corrected chi connectivity index (χ4v) is 2.87. The van der Waals surface area contributed by atoms with Crippen molar-refractivity contribution in [2.24, 2.45) is 0 Å². The summed E-state index contributed by atoms with van der Waals surface area (Å²) in [4.78, 5) is 17.1. The van der Waals surface area contributed by atoms with Crippen molar-refractivity contribution in [1.82, 2.24) is 0 Å². The molecule has 2 aromatic rings. The summed E-state index contributed by atoms with van der Waals surface area (Å²) in [6, 6.07) is 2.25. The average Bonchev–Trinajstić information content (AvgIpc) is 3.01. The van der Waals surface area contributed by atoms with Crippen molar-refractivity contribution in [3.63, 3.8) is 0 Å². The smallest absolute Gasteiger partial charge is 0.346 e. The number of ether oxygens (including phenoxy) is 1. The number of aromatic amines is 1. The van der Waals surface area contributed by atoms with Crippen molar-refractivity contribution in [1.29, 1.82) is 0 Å². The van der Waals surface area contributed by atoms with Crippen molar-refractivity contribution in [3.8, 4) is 0 Å². The van der Waals surface area contributed by atoms with Gasteiger partial charge in [-0.25, -0.2) is 18.6 Å². The van der Waals surface area contributed by atoms with Crippen LogP contribution in [0.5, 0.6) is 0 Å². The molecule has 2 heterocycles. The summed E-state index contributed by atoms with van der Waals surface area (Å²) in [5.74, 6) is -2.31. The summed E-state index contributed by atoms with van der Waals surface area (Å²) in [5.41, 5.74) is 1.42. The van der Waals surface area contributed by atoms with Crippen LogP contribution in [0.1, 0.15) is 30.1 Å². The molecule has 0 radical (unpaired) electrons. The van der Waals surface area contributed by atoms with Crippen molar-refractivity contribution < 1.29 is 23.3 Å². The van der Waals surface area contributed by atoms with Crippen molar-refractivity contribution in [2.45, 2.75) is 19.8 Å². The second kappa shape index (κ2) is 5.87. The minimum absolute atomic E-state index is 0.258. The van der Waals surface area contributed by atoms with Gasteiger partial charge in [-0.2, -0.15) is 0 Å². The number of anilines is 1. The van der Waals surface area contributed by atoms with Gasteiger partial charge in [-0.1, -0.05) is 0 Å². The van der Waals surface area contributed by atoms with Crippen LogP contribution in [-0.2, 0) is 4.74 Å². The normalized spacial score (nSPS) is 14.6. The number of nitrogens with zero attached hydrogens (tertiary/aromatic N) is 1. The SMILES string of the molecule is CCOC(=O)c1c[nH+]c2cc(F)c(F)cc2c1N1CCCC1. The maximum atomic E-state index is 13.7. The largest absolute Gasteiger partial charge is 0.462 e. The van der Waals surface area contributed by atoms with Crippen LogP contribution in [0.3, 0.4) is 0 Å². The standard InChI is InChI=1S/C16H16F2N2O2/c1-2-22-16(21)11-9-19-14-8-13(18)12(17)7-10(14)15(11)20-5-3-4-6-20/h7-9H,2-6H2,1H3/p+1. The van der Waals surface area contributed by atoms with E-state index in [1.165, 1.54) is 6.20 Å². The Morgan fingerprint density at radius 2 is 1.95 bits per heavy atom. The van der Waals surface area contributed by atoms with E-state index in [9.17, 15) is 13.6 Å². The molecule has 0 atom stereocenters. The number of aromatic nitrogens is 1. The molecule has 1 aromatic heterocycles. The summed E-state index contributed by atoms with van der Waals surface area (Å²) in [6.07, 6.45) is 3.52. The highest BCUT2D eigenvalue weighted by Gasteiger charge is 2.27. The minimum Gasteiger partial charge on any atom is -0.462 e. The second-order valence-electron chi connectivity index (χ2n) is 5.28. The first kappa shape index (κ1) is 14.7. The Labute approximate surface area is 126 Å². The van der Waals surface area contributed by atoms with Gasteiger partial charge in [-0.05, 0) is 25.8 Å². The molecule has 1 aliphatic heterocycles. The molecule has 0 saturated carbocycles. The topological polar surface area (TPSA) is 43.7 Å². The lowest BCUT2D eigenvalue weighted by atomic mass is 10.1. The molecule has 1 N–H and O–H groups in total. The highest BCUT2D eigenvalue weighted by molar-refractivity contribution is 6.04. The lowest BCUT2D eigenvalue weighted by Crippen LogP contribution is -2.24. The van der Waals surface area contributed by atoms with E-state index in [0.29, 0.717) is 22.2 Å². The van der Waals surface area contributed by atoms with E-state index >= 15 is 0 Å². The molecule has 6 heteroatoms. The zero-order valence-electron chi connectivity index (χ0n) is 12.3. The fraction of sp³-hybridized carbons (Fsp3) is 0.375. The van der Waals surface area contributed by atoms with E-state index < -0.39 is 17.6 Å². The number of esters is 1. The summed E-state index contributed by atoms with van der Waals surface area (Å²) in [5, 5.41) is 0.492. The van der Waals surface area contributed by atoms with Crippen LogP contribution in [0.25, 0.3) is 10.9 Å². The van der Waals surface area contributed by atoms with Crippen LogP contribution in [0.4, 0.5) is 14.5 Å². The summed E-state index contributed by atoms with van der Waals surface area (Å²) < 4.78 is 32.2. The summed E-state index contributed by atoms with van der Waals surface area (Å²) >= 11 is 0. The first-order valence-electron chi connectivity index (χ1n) is 7.37. The number of halogens is 2. The minimum atomic E-state index is -0.928. The molecule has 4 nitrogen and oxygen atoms in total. The molecule has 22 heavy (non-hydrogen) atoms. The molecule has 116 valence electrons. The van der Waals surface area contributed by atoms with Gasteiger partial charge in [-0.15, -0.1) is 0 Å². The second-order valence-corrected chi connectivity index (χ2v) is 5.28. The van der Waals surface area contributed by atoms with Crippen molar-refractivity contribution >= 4 is 22.6 Å². The number of pyridine rings is 1. The molecule has 3 rings (SSSR count). The first-order chi connectivity index (χ1) is 10.6. The number of nitrogens with one attached hydrogen (secondary N) is 1. The predicted molar refractivity (Wildman–Crippen MR) is 77.8 cm³/mol. The highest BCUT2D eigenvalue weighted by atomic mass is 19.2. The number of hydrogen-bond acceptors (Lipinski definition) is 3. The Hall–Kier alpha value is -2.24. The van der Waals surface area contributed by atoms with E-state index in [0.717, 1.165) is 38.1 Å². The molecule has 0 spiro atoms. The fourth-order valence-electron chi connectivity index (χ4n) is 2.87. The van der Waals surface area contributed by atoms with Crippen molar-refractivity contribution in [2.75, 3.05) is 24.6 Å². The number of benzene rings is 1. The van der Waals surface area contributed by atoms with Gasteiger partial charge in [-0.3, -0.25) is 0 Å². The van der Waals surface area contributed by atoms with Crippen LogP contribution in [0, 0.1) is 11.6 Å². The Morgan fingerprint density at radius 3 is 2.64 bits per heavy atom.